The summed E-state index contributed by atoms with van der Waals surface area (Å²) in [6, 6.07) is 3.01. The highest BCUT2D eigenvalue weighted by Gasteiger charge is 2.17. The standard InChI is InChI=1S/C12H14O5/c1-5-17-12(13)8-6-9(14-2)11(16-4)10(7-8)15-3/h5-7H,1H2,2-4H3. The van der Waals surface area contributed by atoms with Gasteiger partial charge in [-0.1, -0.05) is 6.58 Å². The molecular formula is C12H14O5. The molecule has 17 heavy (non-hydrogen) atoms. The van der Waals surface area contributed by atoms with E-state index in [9.17, 15) is 4.79 Å². The van der Waals surface area contributed by atoms with Crippen LogP contribution in [-0.2, 0) is 4.74 Å². The quantitative estimate of drug-likeness (QED) is 0.580. The van der Waals surface area contributed by atoms with E-state index >= 15 is 0 Å². The largest absolute Gasteiger partial charge is 0.493 e. The Balaban J connectivity index is 3.26. The van der Waals surface area contributed by atoms with Crippen LogP contribution in [0.5, 0.6) is 17.2 Å². The summed E-state index contributed by atoms with van der Waals surface area (Å²) in [7, 11) is 4.43. The molecule has 5 heteroatoms. The minimum Gasteiger partial charge on any atom is -0.493 e. The van der Waals surface area contributed by atoms with E-state index in [1.54, 1.807) is 0 Å². The molecule has 92 valence electrons. The zero-order valence-electron chi connectivity index (χ0n) is 9.98. The van der Waals surface area contributed by atoms with Gasteiger partial charge in [0, 0.05) is 0 Å². The Morgan fingerprint density at radius 3 is 2.00 bits per heavy atom. The number of methoxy groups -OCH3 is 3. The Labute approximate surface area is 99.5 Å². The van der Waals surface area contributed by atoms with Crippen molar-refractivity contribution in [3.05, 3.63) is 30.5 Å². The number of ether oxygens (including phenoxy) is 4. The molecule has 1 rings (SSSR count). The lowest BCUT2D eigenvalue weighted by Crippen LogP contribution is -2.03. The molecule has 0 heterocycles. The van der Waals surface area contributed by atoms with E-state index in [0.717, 1.165) is 6.26 Å². The topological polar surface area (TPSA) is 54.0 Å². The van der Waals surface area contributed by atoms with Crippen molar-refractivity contribution in [2.75, 3.05) is 21.3 Å². The van der Waals surface area contributed by atoms with Crippen molar-refractivity contribution >= 4 is 5.97 Å². The summed E-state index contributed by atoms with van der Waals surface area (Å²) in [4.78, 5) is 11.5. The Bertz CT molecular complexity index is 400. The van der Waals surface area contributed by atoms with Crippen LogP contribution < -0.4 is 14.2 Å². The van der Waals surface area contributed by atoms with E-state index in [1.807, 2.05) is 0 Å². The summed E-state index contributed by atoms with van der Waals surface area (Å²) in [5.41, 5.74) is 0.291. The first-order chi connectivity index (χ1) is 8.17. The molecule has 0 aliphatic rings. The molecule has 0 unspecified atom stereocenters. The van der Waals surface area contributed by atoms with Crippen LogP contribution in [0.15, 0.2) is 25.0 Å². The van der Waals surface area contributed by atoms with Crippen molar-refractivity contribution in [3.63, 3.8) is 0 Å². The van der Waals surface area contributed by atoms with E-state index in [-0.39, 0.29) is 0 Å². The van der Waals surface area contributed by atoms with Crippen LogP contribution in [0.4, 0.5) is 0 Å². The third-order valence-electron chi connectivity index (χ3n) is 2.09. The minimum absolute atomic E-state index is 0.291. The third-order valence-corrected chi connectivity index (χ3v) is 2.09. The van der Waals surface area contributed by atoms with Gasteiger partial charge in [0.25, 0.3) is 0 Å². The molecule has 1 aromatic rings. The summed E-state index contributed by atoms with van der Waals surface area (Å²) in [5.74, 6) is 0.662. The predicted octanol–water partition coefficient (Wildman–Crippen LogP) is 2.01. The number of esters is 1. The smallest absolute Gasteiger partial charge is 0.343 e. The van der Waals surface area contributed by atoms with Crippen LogP contribution in [0.1, 0.15) is 10.4 Å². The van der Waals surface area contributed by atoms with Crippen LogP contribution in [-0.4, -0.2) is 27.3 Å². The number of carbonyl (C=O) groups is 1. The second-order valence-electron chi connectivity index (χ2n) is 2.99. The van der Waals surface area contributed by atoms with Gasteiger partial charge in [0.15, 0.2) is 11.5 Å². The Morgan fingerprint density at radius 1 is 1.12 bits per heavy atom. The van der Waals surface area contributed by atoms with Gasteiger partial charge in [-0.15, -0.1) is 0 Å². The first-order valence-electron chi connectivity index (χ1n) is 4.79. The second kappa shape index (κ2) is 5.79. The van der Waals surface area contributed by atoms with Gasteiger partial charge in [0.05, 0.1) is 33.2 Å². The maximum absolute atomic E-state index is 11.5. The molecule has 0 bridgehead atoms. The molecule has 0 aromatic heterocycles. The van der Waals surface area contributed by atoms with Gasteiger partial charge in [-0.3, -0.25) is 0 Å². The van der Waals surface area contributed by atoms with Crippen molar-refractivity contribution in [2.45, 2.75) is 0 Å². The highest BCUT2D eigenvalue weighted by Crippen LogP contribution is 2.38. The fourth-order valence-corrected chi connectivity index (χ4v) is 1.34. The van der Waals surface area contributed by atoms with Crippen molar-refractivity contribution in [2.24, 2.45) is 0 Å². The second-order valence-corrected chi connectivity index (χ2v) is 2.99. The molecule has 0 aliphatic carbocycles. The number of hydrogen-bond donors (Lipinski definition) is 0. The first kappa shape index (κ1) is 12.9. The van der Waals surface area contributed by atoms with E-state index in [2.05, 4.69) is 11.3 Å². The molecule has 0 saturated heterocycles. The molecule has 0 atom stereocenters. The van der Waals surface area contributed by atoms with Crippen LogP contribution in [0.25, 0.3) is 0 Å². The molecule has 0 radical (unpaired) electrons. The van der Waals surface area contributed by atoms with E-state index in [0.29, 0.717) is 22.8 Å². The number of hydrogen-bond acceptors (Lipinski definition) is 5. The number of benzene rings is 1. The van der Waals surface area contributed by atoms with Gasteiger partial charge in [-0.05, 0) is 12.1 Å². The molecule has 5 nitrogen and oxygen atoms in total. The maximum Gasteiger partial charge on any atom is 0.343 e. The van der Waals surface area contributed by atoms with Gasteiger partial charge in [-0.25, -0.2) is 4.79 Å². The fraction of sp³-hybridized carbons (Fsp3) is 0.250. The van der Waals surface area contributed by atoms with Crippen molar-refractivity contribution in [1.82, 2.24) is 0 Å². The summed E-state index contributed by atoms with van der Waals surface area (Å²) in [6.07, 6.45) is 1.06. The van der Waals surface area contributed by atoms with Crippen LogP contribution in [0.2, 0.25) is 0 Å². The van der Waals surface area contributed by atoms with Gasteiger partial charge in [0.2, 0.25) is 5.75 Å². The summed E-state index contributed by atoms with van der Waals surface area (Å²) >= 11 is 0. The first-order valence-corrected chi connectivity index (χ1v) is 4.79. The maximum atomic E-state index is 11.5. The third kappa shape index (κ3) is 2.69. The molecule has 0 saturated carbocycles. The molecular weight excluding hydrogens is 224 g/mol. The highest BCUT2D eigenvalue weighted by atomic mass is 16.5. The Hall–Kier alpha value is -2.17. The SMILES string of the molecule is C=COC(=O)c1cc(OC)c(OC)c(OC)c1. The molecule has 0 spiro atoms. The van der Waals surface area contributed by atoms with Crippen molar-refractivity contribution in [3.8, 4) is 17.2 Å². The van der Waals surface area contributed by atoms with Gasteiger partial charge >= 0.3 is 5.97 Å². The zero-order valence-corrected chi connectivity index (χ0v) is 9.98. The van der Waals surface area contributed by atoms with Gasteiger partial charge < -0.3 is 18.9 Å². The zero-order chi connectivity index (χ0) is 12.8. The number of carbonyl (C=O) groups excluding carboxylic acids is 1. The van der Waals surface area contributed by atoms with Gasteiger partial charge in [0.1, 0.15) is 0 Å². The lowest BCUT2D eigenvalue weighted by Gasteiger charge is -2.13. The minimum atomic E-state index is -0.542. The summed E-state index contributed by atoms with van der Waals surface area (Å²) in [6.45, 7) is 3.31. The van der Waals surface area contributed by atoms with Gasteiger partial charge in [-0.2, -0.15) is 0 Å². The van der Waals surface area contributed by atoms with E-state index in [4.69, 9.17) is 14.2 Å². The van der Waals surface area contributed by atoms with Crippen LogP contribution >= 0.6 is 0 Å². The lowest BCUT2D eigenvalue weighted by atomic mass is 10.2. The van der Waals surface area contributed by atoms with E-state index in [1.165, 1.54) is 33.5 Å². The normalized spacial score (nSPS) is 9.35. The van der Waals surface area contributed by atoms with E-state index < -0.39 is 5.97 Å². The molecule has 0 aliphatic heterocycles. The predicted molar refractivity (Wildman–Crippen MR) is 61.7 cm³/mol. The summed E-state index contributed by atoms with van der Waals surface area (Å²) < 4.78 is 20.0. The highest BCUT2D eigenvalue weighted by molar-refractivity contribution is 5.91. The average molecular weight is 238 g/mol. The number of rotatable bonds is 5. The molecule has 1 aromatic carbocycles. The Kier molecular flexibility index (Phi) is 4.39. The lowest BCUT2D eigenvalue weighted by molar-refractivity contribution is 0.0663. The molecule has 0 fully saturated rings. The molecule has 0 amide bonds. The molecule has 0 N–H and O–H groups in total. The monoisotopic (exact) mass is 238 g/mol. The van der Waals surface area contributed by atoms with Crippen LogP contribution in [0, 0.1) is 0 Å². The average Bonchev–Trinajstić information content (AvgIpc) is 2.37. The fourth-order valence-electron chi connectivity index (χ4n) is 1.34. The van der Waals surface area contributed by atoms with Crippen molar-refractivity contribution in [1.29, 1.82) is 0 Å². The summed E-state index contributed by atoms with van der Waals surface area (Å²) in [5, 5.41) is 0. The van der Waals surface area contributed by atoms with Crippen LogP contribution in [0.3, 0.4) is 0 Å². The Morgan fingerprint density at radius 2 is 1.65 bits per heavy atom. The van der Waals surface area contributed by atoms with Crippen molar-refractivity contribution < 1.29 is 23.7 Å².